The number of rotatable bonds is 2. The number of phenolic OH excluding ortho intramolecular Hbond substituents is 2. The van der Waals surface area contributed by atoms with E-state index in [4.69, 9.17) is 4.74 Å². The van der Waals surface area contributed by atoms with E-state index in [0.29, 0.717) is 17.7 Å². The zero-order valence-corrected chi connectivity index (χ0v) is 11.8. The molecule has 0 amide bonds. The molecule has 0 radical (unpaired) electrons. The Labute approximate surface area is 120 Å². The second-order valence-electron chi connectivity index (χ2n) is 5.85. The fourth-order valence-electron chi connectivity index (χ4n) is 3.66. The zero-order valence-electron chi connectivity index (χ0n) is 11.8. The average molecular weight is 277 g/mol. The Morgan fingerprint density at radius 1 is 1.05 bits per heavy atom. The molecule has 2 unspecified atom stereocenters. The summed E-state index contributed by atoms with van der Waals surface area (Å²) >= 11 is 0. The zero-order chi connectivity index (χ0) is 13.9. The molecule has 3 rings (SSSR count). The Hall–Kier alpha value is -1.26. The first-order valence-electron chi connectivity index (χ1n) is 7.59. The van der Waals surface area contributed by atoms with Gasteiger partial charge in [0, 0.05) is 30.6 Å². The summed E-state index contributed by atoms with van der Waals surface area (Å²) in [6.45, 7) is 3.55. The standard InChI is InChI=1S/C16H23NO3/c18-12-5-6-16(19)14(11-12)13-3-1-2-4-15(13)17-7-9-20-10-8-17/h5-6,11,13,15,18-19H,1-4,7-10H2. The van der Waals surface area contributed by atoms with E-state index in [1.807, 2.05) is 0 Å². The molecule has 1 aromatic rings. The lowest BCUT2D eigenvalue weighted by molar-refractivity contribution is 0.00267. The van der Waals surface area contributed by atoms with Gasteiger partial charge in [-0.2, -0.15) is 0 Å². The van der Waals surface area contributed by atoms with Crippen LogP contribution in [0.2, 0.25) is 0 Å². The molecule has 2 N–H and O–H groups in total. The number of morpholine rings is 1. The normalized spacial score (nSPS) is 28.4. The number of ether oxygens (including phenoxy) is 1. The minimum atomic E-state index is 0.240. The first-order valence-corrected chi connectivity index (χ1v) is 7.59. The summed E-state index contributed by atoms with van der Waals surface area (Å²) in [7, 11) is 0. The third-order valence-electron chi connectivity index (χ3n) is 4.65. The van der Waals surface area contributed by atoms with Gasteiger partial charge < -0.3 is 14.9 Å². The highest BCUT2D eigenvalue weighted by atomic mass is 16.5. The van der Waals surface area contributed by atoms with E-state index >= 15 is 0 Å². The van der Waals surface area contributed by atoms with Gasteiger partial charge in [-0.25, -0.2) is 0 Å². The molecule has 4 heteroatoms. The summed E-state index contributed by atoms with van der Waals surface area (Å²) < 4.78 is 5.44. The Bertz CT molecular complexity index is 457. The van der Waals surface area contributed by atoms with Gasteiger partial charge in [0.1, 0.15) is 11.5 Å². The Kier molecular flexibility index (Phi) is 4.13. The summed E-state index contributed by atoms with van der Waals surface area (Å²) in [5.74, 6) is 0.867. The molecule has 2 atom stereocenters. The van der Waals surface area contributed by atoms with Gasteiger partial charge in [-0.3, -0.25) is 4.90 Å². The molecule has 20 heavy (non-hydrogen) atoms. The fraction of sp³-hybridized carbons (Fsp3) is 0.625. The monoisotopic (exact) mass is 277 g/mol. The minimum absolute atomic E-state index is 0.240. The van der Waals surface area contributed by atoms with Gasteiger partial charge >= 0.3 is 0 Å². The lowest BCUT2D eigenvalue weighted by Gasteiger charge is -2.42. The van der Waals surface area contributed by atoms with E-state index < -0.39 is 0 Å². The van der Waals surface area contributed by atoms with Crippen LogP contribution in [0, 0.1) is 0 Å². The molecule has 4 nitrogen and oxygen atoms in total. The molecular formula is C16H23NO3. The predicted molar refractivity (Wildman–Crippen MR) is 77.2 cm³/mol. The molecule has 1 aliphatic heterocycles. The van der Waals surface area contributed by atoms with Crippen molar-refractivity contribution >= 4 is 0 Å². The van der Waals surface area contributed by atoms with Gasteiger partial charge in [-0.05, 0) is 31.0 Å². The van der Waals surface area contributed by atoms with Crippen molar-refractivity contribution in [3.05, 3.63) is 23.8 Å². The van der Waals surface area contributed by atoms with Gasteiger partial charge in [0.05, 0.1) is 13.2 Å². The number of benzene rings is 1. The van der Waals surface area contributed by atoms with E-state index in [9.17, 15) is 10.2 Å². The number of hydrogen-bond acceptors (Lipinski definition) is 4. The summed E-state index contributed by atoms with van der Waals surface area (Å²) in [6, 6.07) is 5.35. The van der Waals surface area contributed by atoms with Gasteiger partial charge in [0.25, 0.3) is 0 Å². The molecule has 0 spiro atoms. The van der Waals surface area contributed by atoms with E-state index in [1.165, 1.54) is 19.3 Å². The number of hydrogen-bond donors (Lipinski definition) is 2. The highest BCUT2D eigenvalue weighted by molar-refractivity contribution is 5.41. The van der Waals surface area contributed by atoms with Crippen LogP contribution in [0.3, 0.4) is 0 Å². The summed E-state index contributed by atoms with van der Waals surface area (Å²) in [6.07, 6.45) is 4.69. The topological polar surface area (TPSA) is 52.9 Å². The van der Waals surface area contributed by atoms with Crippen molar-refractivity contribution in [2.75, 3.05) is 26.3 Å². The SMILES string of the molecule is Oc1ccc(O)c(C2CCCCC2N2CCOCC2)c1. The average Bonchev–Trinajstić information content (AvgIpc) is 2.51. The van der Waals surface area contributed by atoms with Crippen LogP contribution in [-0.4, -0.2) is 47.5 Å². The van der Waals surface area contributed by atoms with Crippen molar-refractivity contribution in [1.82, 2.24) is 4.90 Å². The molecule has 1 aliphatic carbocycles. The van der Waals surface area contributed by atoms with Crippen molar-refractivity contribution in [2.24, 2.45) is 0 Å². The highest BCUT2D eigenvalue weighted by Crippen LogP contribution is 2.41. The van der Waals surface area contributed by atoms with Crippen molar-refractivity contribution in [3.63, 3.8) is 0 Å². The van der Waals surface area contributed by atoms with Crippen molar-refractivity contribution in [1.29, 1.82) is 0 Å². The third-order valence-corrected chi connectivity index (χ3v) is 4.65. The fourth-order valence-corrected chi connectivity index (χ4v) is 3.66. The minimum Gasteiger partial charge on any atom is -0.508 e. The highest BCUT2D eigenvalue weighted by Gasteiger charge is 2.33. The number of phenols is 2. The molecule has 2 aliphatic rings. The second-order valence-corrected chi connectivity index (χ2v) is 5.85. The van der Waals surface area contributed by atoms with Gasteiger partial charge in [-0.15, -0.1) is 0 Å². The van der Waals surface area contributed by atoms with Gasteiger partial charge in [0.2, 0.25) is 0 Å². The predicted octanol–water partition coefficient (Wildman–Crippen LogP) is 2.46. The Morgan fingerprint density at radius 2 is 1.80 bits per heavy atom. The molecule has 1 saturated carbocycles. The van der Waals surface area contributed by atoms with Crippen molar-refractivity contribution in [3.8, 4) is 11.5 Å². The molecule has 0 bridgehead atoms. The maximum absolute atomic E-state index is 10.1. The molecule has 1 aromatic carbocycles. The van der Waals surface area contributed by atoms with Crippen LogP contribution in [0.25, 0.3) is 0 Å². The van der Waals surface area contributed by atoms with Crippen LogP contribution in [0.15, 0.2) is 18.2 Å². The lowest BCUT2D eigenvalue weighted by Crippen LogP contribution is -2.47. The molecular weight excluding hydrogens is 254 g/mol. The number of nitrogens with zero attached hydrogens (tertiary/aromatic N) is 1. The summed E-state index contributed by atoms with van der Waals surface area (Å²) in [4.78, 5) is 2.50. The first kappa shape index (κ1) is 13.7. The van der Waals surface area contributed by atoms with Crippen LogP contribution < -0.4 is 0 Å². The van der Waals surface area contributed by atoms with Gasteiger partial charge in [0.15, 0.2) is 0 Å². The summed E-state index contributed by atoms with van der Waals surface area (Å²) in [5.41, 5.74) is 0.904. The van der Waals surface area contributed by atoms with Crippen LogP contribution in [0.4, 0.5) is 0 Å². The molecule has 0 aromatic heterocycles. The molecule has 110 valence electrons. The van der Waals surface area contributed by atoms with Crippen LogP contribution >= 0.6 is 0 Å². The van der Waals surface area contributed by atoms with E-state index in [1.54, 1.807) is 18.2 Å². The van der Waals surface area contributed by atoms with Crippen LogP contribution in [-0.2, 0) is 4.74 Å². The molecule has 1 heterocycles. The number of aromatic hydroxyl groups is 2. The molecule has 1 saturated heterocycles. The maximum Gasteiger partial charge on any atom is 0.119 e. The Balaban J connectivity index is 1.86. The van der Waals surface area contributed by atoms with E-state index in [0.717, 1.165) is 38.3 Å². The van der Waals surface area contributed by atoms with Crippen LogP contribution in [0.1, 0.15) is 37.2 Å². The van der Waals surface area contributed by atoms with E-state index in [-0.39, 0.29) is 5.75 Å². The first-order chi connectivity index (χ1) is 9.75. The lowest BCUT2D eigenvalue weighted by atomic mass is 9.78. The largest absolute Gasteiger partial charge is 0.508 e. The van der Waals surface area contributed by atoms with Crippen molar-refractivity contribution in [2.45, 2.75) is 37.6 Å². The summed E-state index contributed by atoms with van der Waals surface area (Å²) in [5, 5.41) is 19.9. The third kappa shape index (κ3) is 2.76. The van der Waals surface area contributed by atoms with Crippen LogP contribution in [0.5, 0.6) is 11.5 Å². The smallest absolute Gasteiger partial charge is 0.119 e. The quantitative estimate of drug-likeness (QED) is 0.815. The van der Waals surface area contributed by atoms with Gasteiger partial charge in [-0.1, -0.05) is 12.8 Å². The second kappa shape index (κ2) is 6.02. The van der Waals surface area contributed by atoms with Crippen molar-refractivity contribution < 1.29 is 14.9 Å². The maximum atomic E-state index is 10.1. The Morgan fingerprint density at radius 3 is 2.60 bits per heavy atom. The molecule has 2 fully saturated rings. The van der Waals surface area contributed by atoms with E-state index in [2.05, 4.69) is 4.90 Å².